The van der Waals surface area contributed by atoms with Crippen LogP contribution in [0.2, 0.25) is 0 Å². The predicted octanol–water partition coefficient (Wildman–Crippen LogP) is 1.37. The van der Waals surface area contributed by atoms with Crippen LogP contribution >= 0.6 is 11.8 Å². The standard InChI is InChI=1S/C15H22N2O2S/c1-19-9-8-17(11-13-5-3-2-4-6-13)15(18)14-12-20-10-7-16-14/h2-6,14,16H,7-12H2,1H3. The number of nitrogens with one attached hydrogen (secondary N) is 1. The fraction of sp³-hybridized carbons (Fsp3) is 0.533. The van der Waals surface area contributed by atoms with Crippen molar-refractivity contribution >= 4 is 17.7 Å². The van der Waals surface area contributed by atoms with Gasteiger partial charge in [0.05, 0.1) is 12.6 Å². The lowest BCUT2D eigenvalue weighted by Crippen LogP contribution is -2.51. The molecule has 0 saturated carbocycles. The average Bonchev–Trinajstić information content (AvgIpc) is 2.52. The molecule has 4 nitrogen and oxygen atoms in total. The summed E-state index contributed by atoms with van der Waals surface area (Å²) < 4.78 is 5.13. The van der Waals surface area contributed by atoms with Gasteiger partial charge in [-0.2, -0.15) is 11.8 Å². The van der Waals surface area contributed by atoms with Crippen molar-refractivity contribution < 1.29 is 9.53 Å². The number of rotatable bonds is 6. The summed E-state index contributed by atoms with van der Waals surface area (Å²) in [5, 5.41) is 3.31. The second-order valence-electron chi connectivity index (χ2n) is 4.82. The number of benzene rings is 1. The Balaban J connectivity index is 2.00. The summed E-state index contributed by atoms with van der Waals surface area (Å²) in [5.41, 5.74) is 1.15. The lowest BCUT2D eigenvalue weighted by Gasteiger charge is -2.29. The Morgan fingerprint density at radius 2 is 2.25 bits per heavy atom. The molecule has 1 N–H and O–H groups in total. The first-order valence-electron chi connectivity index (χ1n) is 6.94. The molecule has 1 aliphatic rings. The van der Waals surface area contributed by atoms with Gasteiger partial charge in [0.2, 0.25) is 5.91 Å². The minimum atomic E-state index is -0.0608. The van der Waals surface area contributed by atoms with Crippen molar-refractivity contribution in [1.29, 1.82) is 0 Å². The Morgan fingerprint density at radius 1 is 1.45 bits per heavy atom. The molecule has 0 spiro atoms. The Morgan fingerprint density at radius 3 is 2.90 bits per heavy atom. The number of carbonyl (C=O) groups is 1. The number of ether oxygens (including phenoxy) is 1. The zero-order valence-corrected chi connectivity index (χ0v) is 12.7. The molecule has 1 aliphatic heterocycles. The maximum Gasteiger partial charge on any atom is 0.240 e. The van der Waals surface area contributed by atoms with E-state index in [4.69, 9.17) is 4.74 Å². The van der Waals surface area contributed by atoms with Crippen molar-refractivity contribution in [3.05, 3.63) is 35.9 Å². The van der Waals surface area contributed by atoms with Crippen molar-refractivity contribution in [1.82, 2.24) is 10.2 Å². The number of thioether (sulfide) groups is 1. The van der Waals surface area contributed by atoms with Gasteiger partial charge in [0.15, 0.2) is 0 Å². The lowest BCUT2D eigenvalue weighted by atomic mass is 10.2. The smallest absolute Gasteiger partial charge is 0.240 e. The summed E-state index contributed by atoms with van der Waals surface area (Å²) in [6.07, 6.45) is 0. The summed E-state index contributed by atoms with van der Waals surface area (Å²) in [7, 11) is 1.67. The highest BCUT2D eigenvalue weighted by Crippen LogP contribution is 2.12. The summed E-state index contributed by atoms with van der Waals surface area (Å²) in [6, 6.07) is 10.0. The van der Waals surface area contributed by atoms with E-state index in [1.165, 1.54) is 0 Å². The van der Waals surface area contributed by atoms with E-state index >= 15 is 0 Å². The van der Waals surface area contributed by atoms with Crippen LogP contribution in [0.5, 0.6) is 0 Å². The third-order valence-electron chi connectivity index (χ3n) is 3.31. The Labute approximate surface area is 124 Å². The summed E-state index contributed by atoms with van der Waals surface area (Å²) >= 11 is 1.84. The Hall–Kier alpha value is -1.04. The van der Waals surface area contributed by atoms with E-state index in [2.05, 4.69) is 17.4 Å². The van der Waals surface area contributed by atoms with Gasteiger partial charge in [0, 0.05) is 38.2 Å². The van der Waals surface area contributed by atoms with Gasteiger partial charge in [0.1, 0.15) is 0 Å². The van der Waals surface area contributed by atoms with E-state index in [1.807, 2.05) is 34.9 Å². The minimum absolute atomic E-state index is 0.0608. The maximum absolute atomic E-state index is 12.6. The van der Waals surface area contributed by atoms with Crippen LogP contribution in [-0.2, 0) is 16.1 Å². The fourth-order valence-corrected chi connectivity index (χ4v) is 3.14. The molecule has 0 radical (unpaired) electrons. The molecule has 1 amide bonds. The van der Waals surface area contributed by atoms with E-state index in [1.54, 1.807) is 7.11 Å². The molecular formula is C15H22N2O2S. The van der Waals surface area contributed by atoms with Crippen LogP contribution in [0.1, 0.15) is 5.56 Å². The van der Waals surface area contributed by atoms with Crippen LogP contribution in [0.3, 0.4) is 0 Å². The Bertz CT molecular complexity index is 408. The van der Waals surface area contributed by atoms with Gasteiger partial charge in [-0.15, -0.1) is 0 Å². The predicted molar refractivity (Wildman–Crippen MR) is 82.9 cm³/mol. The number of hydrogen-bond acceptors (Lipinski definition) is 4. The molecule has 1 aromatic carbocycles. The van der Waals surface area contributed by atoms with Crippen LogP contribution in [0, 0.1) is 0 Å². The molecule has 1 aromatic rings. The van der Waals surface area contributed by atoms with Crippen molar-refractivity contribution in [2.24, 2.45) is 0 Å². The zero-order chi connectivity index (χ0) is 14.2. The number of nitrogens with zero attached hydrogens (tertiary/aromatic N) is 1. The molecule has 0 bridgehead atoms. The van der Waals surface area contributed by atoms with Gasteiger partial charge in [0.25, 0.3) is 0 Å². The molecule has 110 valence electrons. The minimum Gasteiger partial charge on any atom is -0.383 e. The van der Waals surface area contributed by atoms with E-state index in [-0.39, 0.29) is 11.9 Å². The number of methoxy groups -OCH3 is 1. The number of amides is 1. The van der Waals surface area contributed by atoms with Gasteiger partial charge in [-0.3, -0.25) is 4.79 Å². The zero-order valence-electron chi connectivity index (χ0n) is 11.9. The van der Waals surface area contributed by atoms with Gasteiger partial charge in [-0.25, -0.2) is 0 Å². The van der Waals surface area contributed by atoms with Crippen LogP contribution in [0.4, 0.5) is 0 Å². The van der Waals surface area contributed by atoms with E-state index in [9.17, 15) is 4.79 Å². The van der Waals surface area contributed by atoms with Gasteiger partial charge in [-0.05, 0) is 5.56 Å². The topological polar surface area (TPSA) is 41.6 Å². The van der Waals surface area contributed by atoms with Crippen LogP contribution < -0.4 is 5.32 Å². The van der Waals surface area contributed by atoms with E-state index in [0.29, 0.717) is 19.7 Å². The van der Waals surface area contributed by atoms with E-state index in [0.717, 1.165) is 23.6 Å². The van der Waals surface area contributed by atoms with Gasteiger partial charge in [-0.1, -0.05) is 30.3 Å². The van der Waals surface area contributed by atoms with Crippen molar-refractivity contribution in [2.75, 3.05) is 38.3 Å². The van der Waals surface area contributed by atoms with Crippen molar-refractivity contribution in [3.63, 3.8) is 0 Å². The number of carbonyl (C=O) groups excluding carboxylic acids is 1. The summed E-state index contributed by atoms with van der Waals surface area (Å²) in [5.74, 6) is 2.12. The van der Waals surface area contributed by atoms with Gasteiger partial charge >= 0.3 is 0 Å². The molecule has 1 fully saturated rings. The highest BCUT2D eigenvalue weighted by Gasteiger charge is 2.25. The average molecular weight is 294 g/mol. The molecule has 2 rings (SSSR count). The molecule has 1 unspecified atom stereocenters. The second-order valence-corrected chi connectivity index (χ2v) is 5.97. The fourth-order valence-electron chi connectivity index (χ4n) is 2.22. The normalized spacial score (nSPS) is 18.8. The largest absolute Gasteiger partial charge is 0.383 e. The summed E-state index contributed by atoms with van der Waals surface area (Å²) in [6.45, 7) is 2.75. The van der Waals surface area contributed by atoms with Crippen molar-refractivity contribution in [2.45, 2.75) is 12.6 Å². The quantitative estimate of drug-likeness (QED) is 0.860. The third-order valence-corrected chi connectivity index (χ3v) is 4.37. The van der Waals surface area contributed by atoms with Crippen molar-refractivity contribution in [3.8, 4) is 0 Å². The Kier molecular flexibility index (Phi) is 6.36. The second kappa shape index (κ2) is 8.29. The SMILES string of the molecule is COCCN(Cc1ccccc1)C(=O)C1CSCCN1. The highest BCUT2D eigenvalue weighted by molar-refractivity contribution is 7.99. The molecule has 1 heterocycles. The van der Waals surface area contributed by atoms with Gasteiger partial charge < -0.3 is 15.0 Å². The number of hydrogen-bond donors (Lipinski definition) is 1. The molecule has 1 saturated heterocycles. The molecule has 0 aliphatic carbocycles. The molecule has 0 aromatic heterocycles. The summed E-state index contributed by atoms with van der Waals surface area (Å²) in [4.78, 5) is 14.5. The maximum atomic E-state index is 12.6. The molecular weight excluding hydrogens is 272 g/mol. The first-order valence-corrected chi connectivity index (χ1v) is 8.09. The third kappa shape index (κ3) is 4.51. The molecule has 5 heteroatoms. The lowest BCUT2D eigenvalue weighted by molar-refractivity contribution is -0.134. The molecule has 1 atom stereocenters. The van der Waals surface area contributed by atoms with Crippen LogP contribution in [-0.4, -0.2) is 55.2 Å². The van der Waals surface area contributed by atoms with Crippen LogP contribution in [0.15, 0.2) is 30.3 Å². The molecule has 20 heavy (non-hydrogen) atoms. The first kappa shape index (κ1) is 15.4. The van der Waals surface area contributed by atoms with Crippen LogP contribution in [0.25, 0.3) is 0 Å². The first-order chi connectivity index (χ1) is 9.81. The van der Waals surface area contributed by atoms with E-state index < -0.39 is 0 Å². The monoisotopic (exact) mass is 294 g/mol. The highest BCUT2D eigenvalue weighted by atomic mass is 32.2.